The molecular formula is C21H25N3O3. The van der Waals surface area contributed by atoms with Crippen LogP contribution in [0, 0.1) is 16.7 Å². The van der Waals surface area contributed by atoms with Gasteiger partial charge in [0, 0.05) is 50.2 Å². The van der Waals surface area contributed by atoms with E-state index < -0.39 is 0 Å². The largest absolute Gasteiger partial charge is 0.376 e. The second-order valence-corrected chi connectivity index (χ2v) is 8.07. The van der Waals surface area contributed by atoms with E-state index in [0.717, 1.165) is 38.8 Å². The minimum absolute atomic E-state index is 0.00914. The lowest BCUT2D eigenvalue weighted by atomic mass is 9.77. The molecule has 0 bridgehead atoms. The van der Waals surface area contributed by atoms with Crippen LogP contribution in [-0.4, -0.2) is 60.5 Å². The normalized spacial score (nSPS) is 24.4. The van der Waals surface area contributed by atoms with Gasteiger partial charge in [0.15, 0.2) is 0 Å². The van der Waals surface area contributed by atoms with Crippen LogP contribution in [0.2, 0.25) is 0 Å². The van der Waals surface area contributed by atoms with E-state index in [4.69, 9.17) is 10.00 Å². The van der Waals surface area contributed by atoms with Crippen molar-refractivity contribution in [3.05, 3.63) is 35.4 Å². The van der Waals surface area contributed by atoms with Crippen LogP contribution in [0.1, 0.15) is 48.0 Å². The average molecular weight is 367 g/mol. The van der Waals surface area contributed by atoms with Gasteiger partial charge in [-0.15, -0.1) is 0 Å². The van der Waals surface area contributed by atoms with E-state index in [1.54, 1.807) is 24.3 Å². The molecule has 6 nitrogen and oxygen atoms in total. The van der Waals surface area contributed by atoms with E-state index in [1.807, 2.05) is 9.80 Å². The van der Waals surface area contributed by atoms with Crippen molar-refractivity contribution in [1.82, 2.24) is 9.80 Å². The zero-order valence-corrected chi connectivity index (χ0v) is 15.5. The molecule has 4 rings (SSSR count). The summed E-state index contributed by atoms with van der Waals surface area (Å²) >= 11 is 0. The number of amides is 2. The van der Waals surface area contributed by atoms with Crippen LogP contribution in [-0.2, 0) is 9.53 Å². The molecule has 3 heterocycles. The number of nitriles is 1. The first-order chi connectivity index (χ1) is 13.1. The number of ether oxygens (including phenoxy) is 1. The topological polar surface area (TPSA) is 73.6 Å². The molecule has 0 radical (unpaired) electrons. The van der Waals surface area contributed by atoms with Crippen molar-refractivity contribution in [2.24, 2.45) is 5.41 Å². The Balaban J connectivity index is 1.34. The quantitative estimate of drug-likeness (QED) is 0.821. The molecule has 3 aliphatic heterocycles. The molecule has 3 aliphatic rings. The lowest BCUT2D eigenvalue weighted by Crippen LogP contribution is -2.44. The van der Waals surface area contributed by atoms with E-state index in [9.17, 15) is 9.59 Å². The van der Waals surface area contributed by atoms with Crippen molar-refractivity contribution in [2.75, 3.05) is 32.8 Å². The molecule has 6 heteroatoms. The average Bonchev–Trinajstić information content (AvgIpc) is 3.30. The van der Waals surface area contributed by atoms with Gasteiger partial charge in [-0.25, -0.2) is 0 Å². The molecule has 0 saturated carbocycles. The molecule has 1 aromatic rings. The Bertz CT molecular complexity index is 754. The van der Waals surface area contributed by atoms with E-state index in [0.29, 0.717) is 37.2 Å². The number of hydrogen-bond acceptors (Lipinski definition) is 4. The Morgan fingerprint density at radius 1 is 1.26 bits per heavy atom. The van der Waals surface area contributed by atoms with Crippen LogP contribution in [0.25, 0.3) is 0 Å². The van der Waals surface area contributed by atoms with Gasteiger partial charge < -0.3 is 14.5 Å². The highest BCUT2D eigenvalue weighted by molar-refractivity contribution is 5.94. The second kappa shape index (κ2) is 7.32. The Kier molecular flexibility index (Phi) is 4.88. The fourth-order valence-corrected chi connectivity index (χ4v) is 4.57. The fourth-order valence-electron chi connectivity index (χ4n) is 4.57. The van der Waals surface area contributed by atoms with Gasteiger partial charge >= 0.3 is 0 Å². The first-order valence-corrected chi connectivity index (χ1v) is 9.77. The van der Waals surface area contributed by atoms with Crippen molar-refractivity contribution in [3.63, 3.8) is 0 Å². The summed E-state index contributed by atoms with van der Waals surface area (Å²) in [7, 11) is 0. The molecule has 1 spiro atoms. The zero-order chi connectivity index (χ0) is 18.9. The van der Waals surface area contributed by atoms with Crippen molar-refractivity contribution in [3.8, 4) is 6.07 Å². The van der Waals surface area contributed by atoms with Crippen LogP contribution in [0.5, 0.6) is 0 Å². The van der Waals surface area contributed by atoms with Gasteiger partial charge in [-0.2, -0.15) is 5.26 Å². The number of hydrogen-bond donors (Lipinski definition) is 0. The number of rotatable bonds is 3. The summed E-state index contributed by atoms with van der Waals surface area (Å²) < 4.78 is 5.69. The third kappa shape index (κ3) is 3.70. The summed E-state index contributed by atoms with van der Waals surface area (Å²) in [6, 6.07) is 8.86. The molecule has 2 amide bonds. The summed E-state index contributed by atoms with van der Waals surface area (Å²) in [5.41, 5.74) is 1.18. The highest BCUT2D eigenvalue weighted by Crippen LogP contribution is 2.41. The van der Waals surface area contributed by atoms with E-state index >= 15 is 0 Å². The maximum Gasteiger partial charge on any atom is 0.253 e. The molecule has 0 aromatic heterocycles. The van der Waals surface area contributed by atoms with Gasteiger partial charge in [0.1, 0.15) is 0 Å². The molecule has 142 valence electrons. The Labute approximate surface area is 159 Å². The van der Waals surface area contributed by atoms with E-state index in [1.165, 1.54) is 0 Å². The molecule has 0 N–H and O–H groups in total. The maximum absolute atomic E-state index is 12.7. The van der Waals surface area contributed by atoms with Crippen molar-refractivity contribution >= 4 is 11.8 Å². The fraction of sp³-hybridized carbons (Fsp3) is 0.571. The van der Waals surface area contributed by atoms with Crippen molar-refractivity contribution in [2.45, 2.75) is 38.2 Å². The lowest BCUT2D eigenvalue weighted by Gasteiger charge is -2.39. The van der Waals surface area contributed by atoms with Crippen molar-refractivity contribution in [1.29, 1.82) is 5.26 Å². The first kappa shape index (κ1) is 18.0. The molecule has 0 aliphatic carbocycles. The van der Waals surface area contributed by atoms with E-state index in [-0.39, 0.29) is 23.3 Å². The minimum Gasteiger partial charge on any atom is -0.376 e. The van der Waals surface area contributed by atoms with Crippen LogP contribution >= 0.6 is 0 Å². The van der Waals surface area contributed by atoms with Crippen LogP contribution in [0.15, 0.2) is 24.3 Å². The number of benzene rings is 1. The Hall–Kier alpha value is -2.39. The summed E-state index contributed by atoms with van der Waals surface area (Å²) in [5.74, 6) is 0.243. The highest BCUT2D eigenvalue weighted by Gasteiger charge is 2.46. The third-order valence-electron chi connectivity index (χ3n) is 6.23. The third-order valence-corrected chi connectivity index (χ3v) is 6.23. The minimum atomic E-state index is 0.00914. The summed E-state index contributed by atoms with van der Waals surface area (Å²) in [5, 5.41) is 8.88. The molecule has 1 unspecified atom stereocenters. The van der Waals surface area contributed by atoms with Gasteiger partial charge in [0.2, 0.25) is 5.91 Å². The molecule has 1 aromatic carbocycles. The summed E-state index contributed by atoms with van der Waals surface area (Å²) in [4.78, 5) is 29.1. The molecule has 27 heavy (non-hydrogen) atoms. The predicted octanol–water partition coefficient (Wildman–Crippen LogP) is 2.19. The molecular weight excluding hydrogens is 342 g/mol. The number of piperidine rings is 1. The maximum atomic E-state index is 12.7. The monoisotopic (exact) mass is 367 g/mol. The lowest BCUT2D eigenvalue weighted by molar-refractivity contribution is -0.129. The summed E-state index contributed by atoms with van der Waals surface area (Å²) in [6.45, 7) is 3.68. The van der Waals surface area contributed by atoms with Gasteiger partial charge in [0.05, 0.1) is 17.7 Å². The SMILES string of the molecule is N#Cc1ccc(C(=O)N2CCC3(CC2)CC(=O)N(CC2CCCO2)C3)cc1. The van der Waals surface area contributed by atoms with E-state index in [2.05, 4.69) is 6.07 Å². The zero-order valence-electron chi connectivity index (χ0n) is 15.5. The van der Waals surface area contributed by atoms with Crippen molar-refractivity contribution < 1.29 is 14.3 Å². The number of nitrogens with zero attached hydrogens (tertiary/aromatic N) is 3. The standard InChI is InChI=1S/C21H25N3O3/c22-13-16-3-5-17(6-4-16)20(26)23-9-7-21(8-10-23)12-19(25)24(15-21)14-18-2-1-11-27-18/h3-6,18H,1-2,7-12,14-15H2. The molecule has 3 fully saturated rings. The number of carbonyl (C=O) groups excluding carboxylic acids is 2. The van der Waals surface area contributed by atoms with Gasteiger partial charge in [-0.1, -0.05) is 0 Å². The summed E-state index contributed by atoms with van der Waals surface area (Å²) in [6.07, 6.45) is 4.65. The highest BCUT2D eigenvalue weighted by atomic mass is 16.5. The smallest absolute Gasteiger partial charge is 0.253 e. The van der Waals surface area contributed by atoms with Crippen LogP contribution in [0.3, 0.4) is 0 Å². The Morgan fingerprint density at radius 2 is 2.00 bits per heavy atom. The van der Waals surface area contributed by atoms with Crippen LogP contribution < -0.4 is 0 Å². The van der Waals surface area contributed by atoms with Crippen LogP contribution in [0.4, 0.5) is 0 Å². The molecule has 1 atom stereocenters. The number of likely N-dealkylation sites (tertiary alicyclic amines) is 2. The second-order valence-electron chi connectivity index (χ2n) is 8.07. The van der Waals surface area contributed by atoms with Gasteiger partial charge in [0.25, 0.3) is 5.91 Å². The molecule has 3 saturated heterocycles. The number of carbonyl (C=O) groups is 2. The van der Waals surface area contributed by atoms with Gasteiger partial charge in [-0.05, 0) is 49.9 Å². The Morgan fingerprint density at radius 3 is 2.63 bits per heavy atom. The predicted molar refractivity (Wildman–Crippen MR) is 98.9 cm³/mol. The first-order valence-electron chi connectivity index (χ1n) is 9.77. The van der Waals surface area contributed by atoms with Gasteiger partial charge in [-0.3, -0.25) is 9.59 Å².